The van der Waals surface area contributed by atoms with Crippen molar-refractivity contribution in [2.75, 3.05) is 5.73 Å². The van der Waals surface area contributed by atoms with Gasteiger partial charge in [-0.1, -0.05) is 11.6 Å². The van der Waals surface area contributed by atoms with Gasteiger partial charge >= 0.3 is 0 Å². The predicted octanol–water partition coefficient (Wildman–Crippen LogP) is 2.56. The van der Waals surface area contributed by atoms with Crippen molar-refractivity contribution in [2.24, 2.45) is 0 Å². The van der Waals surface area contributed by atoms with Gasteiger partial charge < -0.3 is 5.73 Å². The van der Waals surface area contributed by atoms with Crippen LogP contribution in [-0.4, -0.2) is 0 Å². The lowest BCUT2D eigenvalue weighted by molar-refractivity contribution is 1.47. The van der Waals surface area contributed by atoms with Gasteiger partial charge in [0.1, 0.15) is 6.07 Å². The highest BCUT2D eigenvalue weighted by Gasteiger charge is 2.05. The van der Waals surface area contributed by atoms with E-state index in [1.165, 1.54) is 0 Å². The van der Waals surface area contributed by atoms with Gasteiger partial charge in [0.25, 0.3) is 0 Å². The smallest absolute Gasteiger partial charge is 0.100 e. The van der Waals surface area contributed by atoms with Crippen molar-refractivity contribution in [3.63, 3.8) is 0 Å². The molecule has 1 aromatic rings. The van der Waals surface area contributed by atoms with Crippen molar-refractivity contribution < 1.29 is 0 Å². The first-order valence-corrected chi connectivity index (χ1v) is 3.97. The van der Waals surface area contributed by atoms with Gasteiger partial charge in [0, 0.05) is 0 Å². The fourth-order valence-corrected chi connectivity index (χ4v) is 1.36. The van der Waals surface area contributed by atoms with E-state index < -0.39 is 0 Å². The van der Waals surface area contributed by atoms with E-state index in [0.717, 1.165) is 0 Å². The fraction of sp³-hybridized carbons (Fsp3) is 0. The molecule has 0 saturated carbocycles. The summed E-state index contributed by atoms with van der Waals surface area (Å²) < 4.78 is 0.563. The molecule has 0 fully saturated rings. The summed E-state index contributed by atoms with van der Waals surface area (Å²) in [6.07, 6.45) is 0. The van der Waals surface area contributed by atoms with Crippen LogP contribution in [0.15, 0.2) is 16.6 Å². The monoisotopic (exact) mass is 230 g/mol. The van der Waals surface area contributed by atoms with Crippen LogP contribution in [0, 0.1) is 11.3 Å². The van der Waals surface area contributed by atoms with Gasteiger partial charge in [-0.25, -0.2) is 0 Å². The molecule has 2 N–H and O–H groups in total. The highest BCUT2D eigenvalue weighted by Crippen LogP contribution is 2.30. The minimum absolute atomic E-state index is 0.408. The second-order valence-corrected chi connectivity index (χ2v) is 3.13. The van der Waals surface area contributed by atoms with E-state index >= 15 is 0 Å². The Balaban J connectivity index is 3.40. The summed E-state index contributed by atoms with van der Waals surface area (Å²) in [7, 11) is 0. The number of rotatable bonds is 0. The average Bonchev–Trinajstić information content (AvgIpc) is 2.01. The molecule has 0 radical (unpaired) electrons. The summed E-state index contributed by atoms with van der Waals surface area (Å²) in [5, 5.41) is 9.01. The lowest BCUT2D eigenvalue weighted by Gasteiger charge is -2.00. The number of halogens is 2. The Morgan fingerprint density at radius 2 is 2.18 bits per heavy atom. The summed E-state index contributed by atoms with van der Waals surface area (Å²) >= 11 is 8.84. The van der Waals surface area contributed by atoms with E-state index in [4.69, 9.17) is 22.6 Å². The van der Waals surface area contributed by atoms with Gasteiger partial charge in [0.2, 0.25) is 0 Å². The van der Waals surface area contributed by atoms with Crippen LogP contribution in [0.5, 0.6) is 0 Å². The lowest BCUT2D eigenvalue weighted by Crippen LogP contribution is -1.90. The summed E-state index contributed by atoms with van der Waals surface area (Å²) in [5.41, 5.74) is 6.43. The summed E-state index contributed by atoms with van der Waals surface area (Å²) in [5.74, 6) is 0. The van der Waals surface area contributed by atoms with Crippen molar-refractivity contribution >= 4 is 33.2 Å². The van der Waals surface area contributed by atoms with Crippen molar-refractivity contribution in [2.45, 2.75) is 0 Å². The van der Waals surface area contributed by atoms with E-state index in [-0.39, 0.29) is 0 Å². The Labute approximate surface area is 77.7 Å². The van der Waals surface area contributed by atoms with E-state index in [1.54, 1.807) is 12.1 Å². The van der Waals surface area contributed by atoms with Crippen LogP contribution in [-0.2, 0) is 0 Å². The standard InChI is InChI=1S/C7H4BrClN2/c8-6-4(3-10)1-2-5(9)7(6)11/h1-2H,11H2. The molecular formula is C7H4BrClN2. The van der Waals surface area contributed by atoms with Crippen molar-refractivity contribution in [3.05, 3.63) is 27.2 Å². The molecule has 0 amide bonds. The molecule has 56 valence electrons. The van der Waals surface area contributed by atoms with Crippen molar-refractivity contribution in [3.8, 4) is 6.07 Å². The maximum atomic E-state index is 8.56. The molecule has 0 heterocycles. The fourth-order valence-electron chi connectivity index (χ4n) is 0.656. The van der Waals surface area contributed by atoms with Gasteiger partial charge in [0.05, 0.1) is 20.7 Å². The number of nitriles is 1. The van der Waals surface area contributed by atoms with Crippen LogP contribution in [0.1, 0.15) is 5.56 Å². The lowest BCUT2D eigenvalue weighted by atomic mass is 10.2. The summed E-state index contributed by atoms with van der Waals surface area (Å²) in [6, 6.07) is 5.19. The minimum atomic E-state index is 0.408. The van der Waals surface area contributed by atoms with Crippen LogP contribution < -0.4 is 5.73 Å². The number of nitrogens with two attached hydrogens (primary N) is 1. The molecule has 0 atom stereocenters. The Hall–Kier alpha value is -0.720. The SMILES string of the molecule is N#Cc1ccc(Cl)c(N)c1Br. The van der Waals surface area contributed by atoms with Gasteiger partial charge in [-0.2, -0.15) is 5.26 Å². The van der Waals surface area contributed by atoms with Crippen molar-refractivity contribution in [1.82, 2.24) is 0 Å². The molecule has 0 bridgehead atoms. The third kappa shape index (κ3) is 1.47. The maximum Gasteiger partial charge on any atom is 0.100 e. The molecule has 0 spiro atoms. The second-order valence-electron chi connectivity index (χ2n) is 1.93. The summed E-state index contributed by atoms with van der Waals surface area (Å²) in [6.45, 7) is 0. The van der Waals surface area contributed by atoms with E-state index in [0.29, 0.717) is 20.7 Å². The number of nitrogens with zero attached hydrogens (tertiary/aromatic N) is 1. The average molecular weight is 231 g/mol. The molecule has 0 unspecified atom stereocenters. The maximum absolute atomic E-state index is 8.56. The topological polar surface area (TPSA) is 49.8 Å². The third-order valence-electron chi connectivity index (χ3n) is 1.25. The largest absolute Gasteiger partial charge is 0.397 e. The molecule has 4 heteroatoms. The molecule has 0 aliphatic heterocycles. The Kier molecular flexibility index (Phi) is 2.38. The predicted molar refractivity (Wildman–Crippen MR) is 48.3 cm³/mol. The molecule has 11 heavy (non-hydrogen) atoms. The van der Waals surface area contributed by atoms with Gasteiger partial charge in [-0.3, -0.25) is 0 Å². The Bertz CT molecular complexity index is 330. The number of anilines is 1. The molecule has 0 aliphatic rings. The van der Waals surface area contributed by atoms with Crippen molar-refractivity contribution in [1.29, 1.82) is 5.26 Å². The zero-order chi connectivity index (χ0) is 8.43. The molecule has 0 saturated heterocycles. The van der Waals surface area contributed by atoms with E-state index in [9.17, 15) is 0 Å². The van der Waals surface area contributed by atoms with E-state index in [1.807, 2.05) is 6.07 Å². The number of nitrogen functional groups attached to an aromatic ring is 1. The van der Waals surface area contributed by atoms with Gasteiger partial charge in [-0.15, -0.1) is 0 Å². The number of benzene rings is 1. The normalized spacial score (nSPS) is 9.18. The van der Waals surface area contributed by atoms with Crippen LogP contribution in [0.3, 0.4) is 0 Å². The first-order valence-electron chi connectivity index (χ1n) is 2.80. The first kappa shape index (κ1) is 8.38. The molecule has 1 aromatic carbocycles. The highest BCUT2D eigenvalue weighted by atomic mass is 79.9. The molecule has 0 aliphatic carbocycles. The Morgan fingerprint density at radius 1 is 1.55 bits per heavy atom. The van der Waals surface area contributed by atoms with Gasteiger partial charge in [0.15, 0.2) is 0 Å². The molecule has 2 nitrogen and oxygen atoms in total. The number of hydrogen-bond acceptors (Lipinski definition) is 2. The van der Waals surface area contributed by atoms with Crippen LogP contribution in [0.25, 0.3) is 0 Å². The summed E-state index contributed by atoms with van der Waals surface area (Å²) in [4.78, 5) is 0. The third-order valence-corrected chi connectivity index (χ3v) is 2.43. The quantitative estimate of drug-likeness (QED) is 0.698. The second kappa shape index (κ2) is 3.12. The molecule has 0 aromatic heterocycles. The first-order chi connectivity index (χ1) is 5.16. The minimum Gasteiger partial charge on any atom is -0.397 e. The highest BCUT2D eigenvalue weighted by molar-refractivity contribution is 9.10. The van der Waals surface area contributed by atoms with Crippen LogP contribution in [0.4, 0.5) is 5.69 Å². The number of hydrogen-bond donors (Lipinski definition) is 1. The Morgan fingerprint density at radius 3 is 2.73 bits per heavy atom. The molecular weight excluding hydrogens is 227 g/mol. The molecule has 1 rings (SSSR count). The van der Waals surface area contributed by atoms with E-state index in [2.05, 4.69) is 15.9 Å². The van der Waals surface area contributed by atoms with Gasteiger partial charge in [-0.05, 0) is 28.1 Å². The van der Waals surface area contributed by atoms with Crippen LogP contribution >= 0.6 is 27.5 Å². The zero-order valence-electron chi connectivity index (χ0n) is 5.44. The van der Waals surface area contributed by atoms with Crippen LogP contribution in [0.2, 0.25) is 5.02 Å². The zero-order valence-corrected chi connectivity index (χ0v) is 7.78.